The van der Waals surface area contributed by atoms with E-state index in [1.165, 1.54) is 0 Å². The van der Waals surface area contributed by atoms with Gasteiger partial charge in [-0.3, -0.25) is 0 Å². The Hall–Kier alpha value is -1.51. The molecule has 0 radical (unpaired) electrons. The first-order chi connectivity index (χ1) is 14.8. The molecular weight excluding hydrogens is 571 g/mol. The normalized spacial score (nSPS) is 20.3. The molecule has 1 aliphatic heterocycles. The second-order valence-corrected chi connectivity index (χ2v) is 6.96. The van der Waals surface area contributed by atoms with E-state index in [4.69, 9.17) is 0 Å². The molecule has 0 bridgehead atoms. The molecule has 1 aliphatic rings. The van der Waals surface area contributed by atoms with Crippen LogP contribution in [0.5, 0.6) is 0 Å². The summed E-state index contributed by atoms with van der Waals surface area (Å²) in [6.45, 7) is -0.920. The Balaban J connectivity index is 3.68. The molecule has 0 aromatic rings. The van der Waals surface area contributed by atoms with E-state index in [2.05, 4.69) is 4.74 Å². The second-order valence-electron chi connectivity index (χ2n) is 6.96. The molecule has 1 fully saturated rings. The van der Waals surface area contributed by atoms with Gasteiger partial charge >= 0.3 is 59.5 Å². The smallest absolute Gasteiger partial charge is 0.373 e. The van der Waals surface area contributed by atoms with Gasteiger partial charge in [0.2, 0.25) is 0 Å². The third-order valence-electron chi connectivity index (χ3n) is 4.46. The topological polar surface area (TPSA) is 12.5 Å². The van der Waals surface area contributed by atoms with Crippen molar-refractivity contribution < 1.29 is 96.9 Å². The molecule has 0 spiro atoms. The highest BCUT2D eigenvalue weighted by atomic mass is 19.4. The van der Waals surface area contributed by atoms with Crippen molar-refractivity contribution >= 4 is 0 Å². The van der Waals surface area contributed by atoms with E-state index in [1.54, 1.807) is 0 Å². The van der Waals surface area contributed by atoms with E-state index in [1.807, 2.05) is 0 Å². The van der Waals surface area contributed by atoms with Crippen molar-refractivity contribution in [2.45, 2.75) is 72.0 Å². The van der Waals surface area contributed by atoms with Crippen LogP contribution in [0.25, 0.3) is 0 Å². The lowest BCUT2D eigenvalue weighted by atomic mass is 9.85. The fourth-order valence-corrected chi connectivity index (χ4v) is 2.19. The zero-order chi connectivity index (χ0) is 28.7. The largest absolute Gasteiger partial charge is 0.460 e. The van der Waals surface area contributed by atoms with Crippen molar-refractivity contribution in [1.29, 1.82) is 0 Å². The van der Waals surface area contributed by atoms with E-state index in [9.17, 15) is 92.2 Å². The van der Waals surface area contributed by atoms with E-state index in [0.29, 0.717) is 0 Å². The van der Waals surface area contributed by atoms with E-state index < -0.39 is 78.6 Å². The Morgan fingerprint density at radius 3 is 0.857 bits per heavy atom. The molecule has 210 valence electrons. The summed E-state index contributed by atoms with van der Waals surface area (Å²) in [4.78, 5) is 0. The maximum atomic E-state index is 13.5. The van der Waals surface area contributed by atoms with Gasteiger partial charge in [-0.1, -0.05) is 0 Å². The van der Waals surface area contributed by atoms with Crippen LogP contribution in [-0.2, 0) is 4.74 Å². The number of halogens is 21. The third-order valence-corrected chi connectivity index (χ3v) is 4.46. The van der Waals surface area contributed by atoms with Crippen LogP contribution in [0, 0.1) is 0 Å². The first-order valence-corrected chi connectivity index (χ1v) is 7.91. The minimum atomic E-state index is -9.14. The molecule has 1 nitrogen and oxygen atoms in total. The van der Waals surface area contributed by atoms with Gasteiger partial charge < -0.3 is 4.74 Å². The lowest BCUT2D eigenvalue weighted by Gasteiger charge is -2.44. The van der Waals surface area contributed by atoms with Crippen LogP contribution in [0.2, 0.25) is 0 Å². The molecule has 0 amide bonds. The predicted molar refractivity (Wildman–Crippen MR) is 64.9 cm³/mol. The molecule has 0 aliphatic carbocycles. The van der Waals surface area contributed by atoms with E-state index >= 15 is 0 Å². The summed E-state index contributed by atoms with van der Waals surface area (Å²) < 4.78 is 279. The van der Waals surface area contributed by atoms with Crippen LogP contribution in [0.3, 0.4) is 0 Å². The van der Waals surface area contributed by atoms with Gasteiger partial charge in [0.05, 0.1) is 12.7 Å². The molecule has 1 unspecified atom stereocenters. The molecule has 1 atom stereocenters. The van der Waals surface area contributed by atoms with Gasteiger partial charge in [0.15, 0.2) is 0 Å². The minimum Gasteiger partial charge on any atom is -0.373 e. The van der Waals surface area contributed by atoms with Gasteiger partial charge in [-0.25, -0.2) is 0 Å². The Bertz CT molecular complexity index is 788. The van der Waals surface area contributed by atoms with Crippen LogP contribution < -0.4 is 0 Å². The molecular formula is C13H5F21O. The quantitative estimate of drug-likeness (QED) is 0.201. The van der Waals surface area contributed by atoms with Gasteiger partial charge in [0, 0.05) is 6.42 Å². The molecule has 0 N–H and O–H groups in total. The Morgan fingerprint density at radius 2 is 0.629 bits per heavy atom. The van der Waals surface area contributed by atoms with Crippen LogP contribution in [0.1, 0.15) is 6.42 Å². The van der Waals surface area contributed by atoms with Gasteiger partial charge in [-0.2, -0.15) is 92.2 Å². The van der Waals surface area contributed by atoms with Crippen molar-refractivity contribution in [1.82, 2.24) is 0 Å². The molecule has 0 aromatic carbocycles. The summed E-state index contributed by atoms with van der Waals surface area (Å²) in [5, 5.41) is 0. The minimum absolute atomic E-state index is 0.920. The highest BCUT2D eigenvalue weighted by Crippen LogP contribution is 2.66. The molecule has 1 saturated heterocycles. The summed E-state index contributed by atoms with van der Waals surface area (Å²) in [6.07, 6.45) is -12.8. The zero-order valence-electron chi connectivity index (χ0n) is 15.3. The fourth-order valence-electron chi connectivity index (χ4n) is 2.19. The van der Waals surface area contributed by atoms with Crippen LogP contribution in [-0.4, -0.2) is 72.2 Å². The average Bonchev–Trinajstić information content (AvgIpc) is 3.42. The third kappa shape index (κ3) is 3.95. The molecule has 22 heteroatoms. The highest BCUT2D eigenvalue weighted by Gasteiger charge is 2.97. The maximum Gasteiger partial charge on any atom is 0.460 e. The van der Waals surface area contributed by atoms with Crippen molar-refractivity contribution in [3.8, 4) is 0 Å². The average molecular weight is 576 g/mol. The maximum absolute atomic E-state index is 13.5. The van der Waals surface area contributed by atoms with Gasteiger partial charge in [0.1, 0.15) is 0 Å². The first kappa shape index (κ1) is 31.5. The van der Waals surface area contributed by atoms with Crippen molar-refractivity contribution in [3.05, 3.63) is 0 Å². The van der Waals surface area contributed by atoms with Crippen LogP contribution in [0.15, 0.2) is 0 Å². The highest BCUT2D eigenvalue weighted by molar-refractivity contribution is 5.18. The number of epoxide rings is 1. The monoisotopic (exact) mass is 576 g/mol. The Labute approximate surface area is 177 Å². The van der Waals surface area contributed by atoms with Gasteiger partial charge in [-0.15, -0.1) is 0 Å². The lowest BCUT2D eigenvalue weighted by molar-refractivity contribution is -0.474. The van der Waals surface area contributed by atoms with Gasteiger partial charge in [-0.05, 0) is 0 Å². The molecule has 35 heavy (non-hydrogen) atoms. The molecule has 0 saturated carbocycles. The van der Waals surface area contributed by atoms with Gasteiger partial charge in [0.25, 0.3) is 0 Å². The number of hydrogen-bond acceptors (Lipinski definition) is 1. The molecule has 0 aromatic heterocycles. The summed E-state index contributed by atoms with van der Waals surface area (Å²) in [6, 6.07) is 0. The summed E-state index contributed by atoms with van der Waals surface area (Å²) in [5.41, 5.74) is 0. The van der Waals surface area contributed by atoms with Crippen molar-refractivity contribution in [2.75, 3.05) is 6.61 Å². The SMILES string of the molecule is FC(F)(F)C(F)(F)C(F)(F)C(F)(F)C(F)(F)C(F)(F)C(F)(F)C(F)(F)C(F)(F)C(F)(F)CC1CO1. The summed E-state index contributed by atoms with van der Waals surface area (Å²) in [5.74, 6) is -76.5. The number of rotatable bonds is 10. The Kier molecular flexibility index (Phi) is 6.98. The Morgan fingerprint density at radius 1 is 0.400 bits per heavy atom. The first-order valence-electron chi connectivity index (χ1n) is 7.91. The predicted octanol–water partition coefficient (Wildman–Crippen LogP) is 7.06. The van der Waals surface area contributed by atoms with Crippen molar-refractivity contribution in [2.24, 2.45) is 0 Å². The summed E-state index contributed by atoms with van der Waals surface area (Å²) in [7, 11) is 0. The van der Waals surface area contributed by atoms with E-state index in [0.717, 1.165) is 0 Å². The number of ether oxygens (including phenoxy) is 1. The van der Waals surface area contributed by atoms with Crippen LogP contribution >= 0.6 is 0 Å². The van der Waals surface area contributed by atoms with E-state index in [-0.39, 0.29) is 0 Å². The standard InChI is InChI=1S/C13H5F21O/c14-4(15,1-3-2-35-3)5(16,17)6(18,19)7(20,21)8(22,23)9(24,25)10(26,27)11(28,29)12(30,31)13(32,33)34/h3H,1-2H2. The zero-order valence-corrected chi connectivity index (χ0v) is 15.3. The number of hydrogen-bond donors (Lipinski definition) is 0. The lowest BCUT2D eigenvalue weighted by Crippen LogP contribution is -2.76. The molecule has 1 rings (SSSR count). The number of alkyl halides is 21. The summed E-state index contributed by atoms with van der Waals surface area (Å²) >= 11 is 0. The van der Waals surface area contributed by atoms with Crippen LogP contribution in [0.4, 0.5) is 92.2 Å². The second kappa shape index (κ2) is 7.75. The molecule has 1 heterocycles. The van der Waals surface area contributed by atoms with Crippen molar-refractivity contribution in [3.63, 3.8) is 0 Å². The fraction of sp³-hybridized carbons (Fsp3) is 1.00.